The Hall–Kier alpha value is -3.44. The Bertz CT molecular complexity index is 1220. The summed E-state index contributed by atoms with van der Waals surface area (Å²) in [5.74, 6) is -0.208. The lowest BCUT2D eigenvalue weighted by Gasteiger charge is -2.10. The highest BCUT2D eigenvalue weighted by molar-refractivity contribution is 9.10. The zero-order chi connectivity index (χ0) is 20.2. The second kappa shape index (κ2) is 8.29. The molecule has 2 N–H and O–H groups in total. The average molecular weight is 445 g/mol. The number of aromatic hydroxyl groups is 1. The number of carbonyl (C=O) groups is 1. The van der Waals surface area contributed by atoms with E-state index in [0.29, 0.717) is 11.1 Å². The van der Waals surface area contributed by atoms with Crippen LogP contribution in [0.4, 0.5) is 0 Å². The van der Waals surface area contributed by atoms with E-state index in [-0.39, 0.29) is 11.7 Å². The van der Waals surface area contributed by atoms with Crippen LogP contribution < -0.4 is 5.43 Å². The van der Waals surface area contributed by atoms with Crippen molar-refractivity contribution in [2.75, 3.05) is 0 Å². The van der Waals surface area contributed by atoms with E-state index in [1.165, 1.54) is 6.21 Å². The third kappa shape index (κ3) is 4.20. The molecule has 0 fully saturated rings. The summed E-state index contributed by atoms with van der Waals surface area (Å²) in [7, 11) is 0. The first-order valence-corrected chi connectivity index (χ1v) is 9.81. The van der Waals surface area contributed by atoms with E-state index in [1.807, 2.05) is 54.6 Å². The fraction of sp³-hybridized carbons (Fsp3) is 0. The number of hydrazone groups is 1. The van der Waals surface area contributed by atoms with Gasteiger partial charge >= 0.3 is 0 Å². The smallest absolute Gasteiger partial charge is 0.272 e. The van der Waals surface area contributed by atoms with E-state index in [4.69, 9.17) is 0 Å². The maximum absolute atomic E-state index is 12.9. The number of rotatable bonds is 4. The summed E-state index contributed by atoms with van der Waals surface area (Å²) < 4.78 is 0.999. The highest BCUT2D eigenvalue weighted by Gasteiger charge is 2.12. The van der Waals surface area contributed by atoms with E-state index >= 15 is 0 Å². The summed E-state index contributed by atoms with van der Waals surface area (Å²) >= 11 is 3.45. The van der Waals surface area contributed by atoms with Gasteiger partial charge in [-0.05, 0) is 58.3 Å². The minimum atomic E-state index is -0.313. The monoisotopic (exact) mass is 444 g/mol. The van der Waals surface area contributed by atoms with Crippen LogP contribution in [0.5, 0.6) is 5.75 Å². The van der Waals surface area contributed by atoms with E-state index in [9.17, 15) is 9.90 Å². The normalized spacial score (nSPS) is 11.1. The molecule has 0 aliphatic rings. The van der Waals surface area contributed by atoms with Crippen molar-refractivity contribution in [3.8, 4) is 16.9 Å². The third-order valence-corrected chi connectivity index (χ3v) is 5.12. The van der Waals surface area contributed by atoms with Gasteiger partial charge in [-0.25, -0.2) is 5.43 Å². The second-order valence-corrected chi connectivity index (χ2v) is 7.43. The topological polar surface area (TPSA) is 61.7 Å². The molecule has 0 aromatic heterocycles. The van der Waals surface area contributed by atoms with Gasteiger partial charge in [0.2, 0.25) is 0 Å². The standard InChI is InChI=1S/C24H17BrN2O2/c25-20-11-9-16(10-12-20)19-13-17-5-1-3-7-21(17)22(14-19)24(29)27-26-15-18-6-2-4-8-23(18)28/h1-15,28H,(H,27,29)/b26-15+. The molecule has 0 aliphatic carbocycles. The van der Waals surface area contributed by atoms with Gasteiger partial charge in [-0.2, -0.15) is 5.10 Å². The first-order valence-electron chi connectivity index (χ1n) is 9.02. The molecule has 5 heteroatoms. The zero-order valence-corrected chi connectivity index (χ0v) is 16.9. The van der Waals surface area contributed by atoms with Gasteiger partial charge in [0.05, 0.1) is 6.21 Å². The Kier molecular flexibility index (Phi) is 5.40. The number of hydrogen-bond acceptors (Lipinski definition) is 3. The number of carbonyl (C=O) groups excluding carboxylic acids is 1. The zero-order valence-electron chi connectivity index (χ0n) is 15.3. The number of benzene rings is 4. The minimum absolute atomic E-state index is 0.105. The van der Waals surface area contributed by atoms with Crippen LogP contribution in [-0.4, -0.2) is 17.2 Å². The molecule has 4 rings (SSSR count). The summed E-state index contributed by atoms with van der Waals surface area (Å²) in [6.45, 7) is 0. The molecule has 0 radical (unpaired) electrons. The summed E-state index contributed by atoms with van der Waals surface area (Å²) in [4.78, 5) is 12.9. The lowest BCUT2D eigenvalue weighted by atomic mass is 9.96. The number of fused-ring (bicyclic) bond motifs is 1. The van der Waals surface area contributed by atoms with Gasteiger partial charge in [-0.1, -0.05) is 64.5 Å². The van der Waals surface area contributed by atoms with Gasteiger partial charge in [0.15, 0.2) is 0 Å². The van der Waals surface area contributed by atoms with E-state index in [2.05, 4.69) is 32.5 Å². The van der Waals surface area contributed by atoms with Gasteiger partial charge in [-0.3, -0.25) is 4.79 Å². The molecule has 0 spiro atoms. The van der Waals surface area contributed by atoms with Crippen molar-refractivity contribution in [3.05, 3.63) is 101 Å². The van der Waals surface area contributed by atoms with Crippen molar-refractivity contribution in [2.45, 2.75) is 0 Å². The number of nitrogens with one attached hydrogen (secondary N) is 1. The summed E-state index contributed by atoms with van der Waals surface area (Å²) in [5.41, 5.74) is 5.60. The van der Waals surface area contributed by atoms with Crippen molar-refractivity contribution < 1.29 is 9.90 Å². The number of phenolic OH excluding ortho intramolecular Hbond substituents is 1. The predicted molar refractivity (Wildman–Crippen MR) is 120 cm³/mol. The molecule has 0 aliphatic heterocycles. The molecule has 0 bridgehead atoms. The molecule has 0 heterocycles. The predicted octanol–water partition coefficient (Wildman–Crippen LogP) is 5.74. The van der Waals surface area contributed by atoms with E-state index < -0.39 is 0 Å². The highest BCUT2D eigenvalue weighted by Crippen LogP contribution is 2.29. The van der Waals surface area contributed by atoms with Crippen LogP contribution in [0.2, 0.25) is 0 Å². The molecular weight excluding hydrogens is 428 g/mol. The summed E-state index contributed by atoms with van der Waals surface area (Å²) in [6, 6.07) is 26.5. The first-order chi connectivity index (χ1) is 14.1. The maximum Gasteiger partial charge on any atom is 0.272 e. The lowest BCUT2D eigenvalue weighted by Crippen LogP contribution is -2.18. The molecular formula is C24H17BrN2O2. The summed E-state index contributed by atoms with van der Waals surface area (Å²) in [5, 5.41) is 15.6. The minimum Gasteiger partial charge on any atom is -0.507 e. The van der Waals surface area contributed by atoms with Crippen LogP contribution in [0.25, 0.3) is 21.9 Å². The van der Waals surface area contributed by atoms with Crippen molar-refractivity contribution in [1.29, 1.82) is 0 Å². The van der Waals surface area contributed by atoms with Crippen molar-refractivity contribution in [2.24, 2.45) is 5.10 Å². The molecule has 0 atom stereocenters. The van der Waals surface area contributed by atoms with E-state index in [1.54, 1.807) is 24.3 Å². The van der Waals surface area contributed by atoms with Crippen LogP contribution in [0.15, 0.2) is 94.5 Å². The molecule has 1 amide bonds. The number of phenols is 1. The van der Waals surface area contributed by atoms with Gasteiger partial charge in [-0.15, -0.1) is 0 Å². The number of hydrogen-bond donors (Lipinski definition) is 2. The van der Waals surface area contributed by atoms with Crippen molar-refractivity contribution in [3.63, 3.8) is 0 Å². The second-order valence-electron chi connectivity index (χ2n) is 6.51. The van der Waals surface area contributed by atoms with Crippen LogP contribution in [-0.2, 0) is 0 Å². The van der Waals surface area contributed by atoms with Gasteiger partial charge in [0.25, 0.3) is 5.91 Å². The van der Waals surface area contributed by atoms with Crippen LogP contribution >= 0.6 is 15.9 Å². The van der Waals surface area contributed by atoms with Crippen molar-refractivity contribution in [1.82, 2.24) is 5.43 Å². The molecule has 0 unspecified atom stereocenters. The molecule has 4 aromatic rings. The van der Waals surface area contributed by atoms with Crippen LogP contribution in [0.1, 0.15) is 15.9 Å². The molecule has 4 aromatic carbocycles. The first kappa shape index (κ1) is 18.9. The quantitative estimate of drug-likeness (QED) is 0.311. The molecule has 29 heavy (non-hydrogen) atoms. The fourth-order valence-electron chi connectivity index (χ4n) is 3.12. The van der Waals surface area contributed by atoms with Crippen molar-refractivity contribution >= 4 is 38.8 Å². The maximum atomic E-state index is 12.9. The third-order valence-electron chi connectivity index (χ3n) is 4.59. The molecule has 0 saturated carbocycles. The van der Waals surface area contributed by atoms with E-state index in [0.717, 1.165) is 26.4 Å². The Balaban J connectivity index is 1.69. The highest BCUT2D eigenvalue weighted by atomic mass is 79.9. The Morgan fingerprint density at radius 1 is 0.897 bits per heavy atom. The number of amides is 1. The molecule has 0 saturated heterocycles. The number of halogens is 1. The molecule has 142 valence electrons. The van der Waals surface area contributed by atoms with Crippen LogP contribution in [0, 0.1) is 0 Å². The Morgan fingerprint density at radius 2 is 1.62 bits per heavy atom. The SMILES string of the molecule is O=C(N/N=C/c1ccccc1O)c1cc(-c2ccc(Br)cc2)cc2ccccc12. The van der Waals surface area contributed by atoms with Gasteiger partial charge in [0, 0.05) is 15.6 Å². The Labute approximate surface area is 176 Å². The Morgan fingerprint density at radius 3 is 2.41 bits per heavy atom. The largest absolute Gasteiger partial charge is 0.507 e. The van der Waals surface area contributed by atoms with Gasteiger partial charge in [0.1, 0.15) is 5.75 Å². The molecule has 4 nitrogen and oxygen atoms in total. The van der Waals surface area contributed by atoms with Gasteiger partial charge < -0.3 is 5.11 Å². The number of nitrogens with zero attached hydrogens (tertiary/aromatic N) is 1. The average Bonchev–Trinajstić information content (AvgIpc) is 2.74. The number of para-hydroxylation sites is 1. The summed E-state index contributed by atoms with van der Waals surface area (Å²) in [6.07, 6.45) is 1.42. The fourth-order valence-corrected chi connectivity index (χ4v) is 3.39. The lowest BCUT2D eigenvalue weighted by molar-refractivity contribution is 0.0957. The van der Waals surface area contributed by atoms with Crippen LogP contribution in [0.3, 0.4) is 0 Å².